The average Bonchev–Trinajstić information content (AvgIpc) is 2.61. The molecule has 3 unspecified atom stereocenters. The first-order valence-corrected chi connectivity index (χ1v) is 10.9. The highest BCUT2D eigenvalue weighted by atomic mass is 35.5. The van der Waals surface area contributed by atoms with E-state index in [-0.39, 0.29) is 25.1 Å². The summed E-state index contributed by atoms with van der Waals surface area (Å²) in [4.78, 5) is 25.0. The maximum Gasteiger partial charge on any atom is 0.344 e. The fraction of sp³-hybridized carbons (Fsp3) is 0.619. The molecular weight excluding hydrogens is 384 g/mol. The van der Waals surface area contributed by atoms with Crippen molar-refractivity contribution in [2.75, 3.05) is 12.4 Å². The van der Waals surface area contributed by atoms with E-state index in [0.29, 0.717) is 28.5 Å². The molecule has 4 nitrogen and oxygen atoms in total. The lowest BCUT2D eigenvalue weighted by Crippen LogP contribution is -2.36. The van der Waals surface area contributed by atoms with Gasteiger partial charge in [-0.1, -0.05) is 38.8 Å². The van der Waals surface area contributed by atoms with Crippen LogP contribution in [0.2, 0.25) is 5.02 Å². The molecule has 0 N–H and O–H groups in total. The highest BCUT2D eigenvalue weighted by molar-refractivity contribution is 7.99. The van der Waals surface area contributed by atoms with Crippen molar-refractivity contribution in [3.8, 4) is 0 Å². The Morgan fingerprint density at radius 2 is 1.89 bits per heavy atom. The van der Waals surface area contributed by atoms with Crippen LogP contribution < -0.4 is 0 Å². The highest BCUT2D eigenvalue weighted by Gasteiger charge is 2.33. The molecule has 1 saturated carbocycles. The van der Waals surface area contributed by atoms with E-state index >= 15 is 0 Å². The molecule has 0 heterocycles. The van der Waals surface area contributed by atoms with Gasteiger partial charge in [0.1, 0.15) is 6.10 Å². The molecule has 1 aromatic carbocycles. The highest BCUT2D eigenvalue weighted by Crippen LogP contribution is 2.35. The molecular formula is C21H29ClO4S. The molecule has 0 amide bonds. The Hall–Kier alpha value is -1.20. The van der Waals surface area contributed by atoms with Crippen molar-refractivity contribution in [2.45, 2.75) is 57.5 Å². The molecule has 0 bridgehead atoms. The third-order valence-electron chi connectivity index (χ3n) is 4.98. The zero-order chi connectivity index (χ0) is 19.8. The summed E-state index contributed by atoms with van der Waals surface area (Å²) in [6.45, 7) is 6.22. The van der Waals surface area contributed by atoms with Crippen molar-refractivity contribution in [2.24, 2.45) is 17.8 Å². The number of hydrogen-bond acceptors (Lipinski definition) is 5. The zero-order valence-corrected chi connectivity index (χ0v) is 17.9. The van der Waals surface area contributed by atoms with Crippen molar-refractivity contribution < 1.29 is 19.1 Å². The third kappa shape index (κ3) is 7.74. The Morgan fingerprint density at radius 1 is 1.19 bits per heavy atom. The van der Waals surface area contributed by atoms with Gasteiger partial charge in [0.05, 0.1) is 6.42 Å². The van der Waals surface area contributed by atoms with Gasteiger partial charge in [-0.3, -0.25) is 4.79 Å². The molecule has 1 aliphatic rings. The molecule has 0 spiro atoms. The van der Waals surface area contributed by atoms with Crippen molar-refractivity contribution >= 4 is 35.3 Å². The van der Waals surface area contributed by atoms with Crippen LogP contribution in [0.1, 0.15) is 46.5 Å². The molecule has 0 aliphatic heterocycles. The van der Waals surface area contributed by atoms with Crippen LogP contribution in [0.3, 0.4) is 0 Å². The largest absolute Gasteiger partial charge is 0.460 e. The summed E-state index contributed by atoms with van der Waals surface area (Å²) in [5, 5.41) is 0.685. The third-order valence-corrected chi connectivity index (χ3v) is 6.25. The summed E-state index contributed by atoms with van der Waals surface area (Å²) in [5.41, 5.74) is 0. The Kier molecular flexibility index (Phi) is 8.97. The molecule has 1 aliphatic carbocycles. The van der Waals surface area contributed by atoms with Gasteiger partial charge in [0, 0.05) is 15.7 Å². The first-order chi connectivity index (χ1) is 12.8. The van der Waals surface area contributed by atoms with Crippen LogP contribution in [-0.2, 0) is 19.1 Å². The minimum absolute atomic E-state index is 0.0691. The van der Waals surface area contributed by atoms with Gasteiger partial charge in [-0.05, 0) is 54.9 Å². The monoisotopic (exact) mass is 412 g/mol. The molecule has 3 atom stereocenters. The minimum atomic E-state index is -0.446. The topological polar surface area (TPSA) is 52.6 Å². The van der Waals surface area contributed by atoms with Crippen LogP contribution in [0, 0.1) is 17.8 Å². The summed E-state index contributed by atoms with van der Waals surface area (Å²) < 4.78 is 10.7. The van der Waals surface area contributed by atoms with Crippen LogP contribution in [0.15, 0.2) is 29.2 Å². The van der Waals surface area contributed by atoms with Gasteiger partial charge in [-0.25, -0.2) is 4.79 Å². The van der Waals surface area contributed by atoms with E-state index < -0.39 is 5.97 Å². The van der Waals surface area contributed by atoms with Crippen molar-refractivity contribution in [3.63, 3.8) is 0 Å². The Morgan fingerprint density at radius 3 is 2.56 bits per heavy atom. The molecule has 0 radical (unpaired) electrons. The first-order valence-electron chi connectivity index (χ1n) is 9.58. The number of carbonyl (C=O) groups excluding carboxylic acids is 2. The van der Waals surface area contributed by atoms with Crippen molar-refractivity contribution in [1.82, 2.24) is 0 Å². The van der Waals surface area contributed by atoms with Crippen molar-refractivity contribution in [1.29, 1.82) is 0 Å². The lowest BCUT2D eigenvalue weighted by molar-refractivity contribution is -0.167. The summed E-state index contributed by atoms with van der Waals surface area (Å²) in [5.74, 6) is 1.18. The normalized spacial score (nSPS) is 22.5. The summed E-state index contributed by atoms with van der Waals surface area (Å²) in [6.07, 6.45) is 3.33. The molecule has 0 saturated heterocycles. The number of rotatable bonds is 8. The zero-order valence-electron chi connectivity index (χ0n) is 16.3. The van der Waals surface area contributed by atoms with Gasteiger partial charge < -0.3 is 9.47 Å². The molecule has 1 fully saturated rings. The van der Waals surface area contributed by atoms with Gasteiger partial charge in [-0.15, -0.1) is 11.8 Å². The van der Waals surface area contributed by atoms with E-state index in [2.05, 4.69) is 20.8 Å². The number of ether oxygens (including phenoxy) is 2. The van der Waals surface area contributed by atoms with Crippen LogP contribution in [0.5, 0.6) is 0 Å². The minimum Gasteiger partial charge on any atom is -0.460 e. The quantitative estimate of drug-likeness (QED) is 0.424. The number of carbonyl (C=O) groups is 2. The maximum atomic E-state index is 12.1. The Labute approximate surface area is 171 Å². The molecule has 150 valence electrons. The van der Waals surface area contributed by atoms with Crippen LogP contribution >= 0.6 is 23.4 Å². The number of halogens is 1. The van der Waals surface area contributed by atoms with E-state index in [1.165, 1.54) is 6.42 Å². The molecule has 0 aromatic heterocycles. The standard InChI is InChI=1S/C21H29ClO4S/c1-14(2)18-9-4-15(3)12-19(18)26-21(24)13-25-20(23)10-11-27-17-7-5-16(22)6-8-17/h5-8,14-15,18-19H,4,9-13H2,1-3H3. The van der Waals surface area contributed by atoms with Crippen LogP contribution in [0.4, 0.5) is 0 Å². The number of benzene rings is 1. The maximum absolute atomic E-state index is 12.1. The van der Waals surface area contributed by atoms with Crippen molar-refractivity contribution in [3.05, 3.63) is 29.3 Å². The average molecular weight is 413 g/mol. The van der Waals surface area contributed by atoms with Gasteiger partial charge >= 0.3 is 11.9 Å². The first kappa shape index (κ1) is 22.1. The molecule has 1 aromatic rings. The van der Waals surface area contributed by atoms with Crippen LogP contribution in [-0.4, -0.2) is 30.4 Å². The van der Waals surface area contributed by atoms with Gasteiger partial charge in [0.2, 0.25) is 0 Å². The lowest BCUT2D eigenvalue weighted by Gasteiger charge is -2.36. The fourth-order valence-corrected chi connectivity index (χ4v) is 4.41. The van der Waals surface area contributed by atoms with E-state index in [1.807, 2.05) is 24.3 Å². The van der Waals surface area contributed by atoms with E-state index in [4.69, 9.17) is 21.1 Å². The molecule has 27 heavy (non-hydrogen) atoms. The van der Waals surface area contributed by atoms with Gasteiger partial charge in [-0.2, -0.15) is 0 Å². The van der Waals surface area contributed by atoms with Gasteiger partial charge in [0.25, 0.3) is 0 Å². The summed E-state index contributed by atoms with van der Waals surface area (Å²) in [7, 11) is 0. The van der Waals surface area contributed by atoms with Gasteiger partial charge in [0.15, 0.2) is 6.61 Å². The number of thioether (sulfide) groups is 1. The Bertz CT molecular complexity index is 617. The molecule has 6 heteroatoms. The predicted octanol–water partition coefficient (Wildman–Crippen LogP) is 5.37. The number of esters is 2. The fourth-order valence-electron chi connectivity index (χ4n) is 3.45. The predicted molar refractivity (Wildman–Crippen MR) is 109 cm³/mol. The SMILES string of the molecule is CC1CCC(C(C)C)C(OC(=O)COC(=O)CCSc2ccc(Cl)cc2)C1. The second kappa shape index (κ2) is 11.0. The van der Waals surface area contributed by atoms with Crippen LogP contribution in [0.25, 0.3) is 0 Å². The summed E-state index contributed by atoms with van der Waals surface area (Å²) in [6, 6.07) is 7.45. The van der Waals surface area contributed by atoms with E-state index in [1.54, 1.807) is 11.8 Å². The number of hydrogen-bond donors (Lipinski definition) is 0. The van der Waals surface area contributed by atoms with E-state index in [9.17, 15) is 9.59 Å². The second-order valence-electron chi connectivity index (χ2n) is 7.57. The Balaban J connectivity index is 1.67. The summed E-state index contributed by atoms with van der Waals surface area (Å²) >= 11 is 7.39. The lowest BCUT2D eigenvalue weighted by atomic mass is 9.75. The second-order valence-corrected chi connectivity index (χ2v) is 9.17. The smallest absolute Gasteiger partial charge is 0.344 e. The molecule has 2 rings (SSSR count). The van der Waals surface area contributed by atoms with E-state index in [0.717, 1.165) is 17.7 Å².